The summed E-state index contributed by atoms with van der Waals surface area (Å²) in [5.41, 5.74) is -0.799. The van der Waals surface area contributed by atoms with E-state index in [1.54, 1.807) is 11.8 Å². The lowest BCUT2D eigenvalue weighted by atomic mass is 10.1. The Balaban J connectivity index is 0.00000480. The van der Waals surface area contributed by atoms with Gasteiger partial charge in [0.25, 0.3) is 0 Å². The van der Waals surface area contributed by atoms with Crippen molar-refractivity contribution >= 4 is 36.0 Å². The van der Waals surface area contributed by atoms with Crippen LogP contribution in [0.2, 0.25) is 0 Å². The number of piperidine rings is 1. The zero-order chi connectivity index (χ0) is 22.0. The quantitative estimate of drug-likeness (QED) is 0.230. The summed E-state index contributed by atoms with van der Waals surface area (Å²) in [6.45, 7) is 6.09. The molecule has 0 aliphatic carbocycles. The lowest BCUT2D eigenvalue weighted by Crippen LogP contribution is -2.50. The highest BCUT2D eigenvalue weighted by molar-refractivity contribution is 14.0. The van der Waals surface area contributed by atoms with Crippen LogP contribution < -0.4 is 15.4 Å². The minimum absolute atomic E-state index is 0. The number of nitrogens with one attached hydrogen (secondary N) is 2. The number of hydrogen-bond donors (Lipinski definition) is 2. The number of guanidine groups is 1. The van der Waals surface area contributed by atoms with Crippen LogP contribution in [0.1, 0.15) is 32.3 Å². The number of likely N-dealkylation sites (tertiary alicyclic amines) is 1. The van der Waals surface area contributed by atoms with Crippen LogP contribution >= 0.6 is 24.0 Å². The molecule has 7 nitrogen and oxygen atoms in total. The molecule has 1 aromatic rings. The molecule has 0 spiro atoms. The molecule has 1 fully saturated rings. The summed E-state index contributed by atoms with van der Waals surface area (Å²) >= 11 is 0. The van der Waals surface area contributed by atoms with E-state index in [4.69, 9.17) is 9.47 Å². The molecule has 1 saturated heterocycles. The number of hydrogen-bond acceptors (Lipinski definition) is 4. The fraction of sp³-hybridized carbons (Fsp3) is 0.600. The lowest BCUT2D eigenvalue weighted by molar-refractivity contribution is -0.138. The fourth-order valence-corrected chi connectivity index (χ4v) is 3.07. The van der Waals surface area contributed by atoms with E-state index in [1.165, 1.54) is 18.2 Å². The van der Waals surface area contributed by atoms with Gasteiger partial charge in [0, 0.05) is 25.7 Å². The second-order valence-electron chi connectivity index (χ2n) is 6.71. The van der Waals surface area contributed by atoms with Crippen molar-refractivity contribution in [3.8, 4) is 5.75 Å². The van der Waals surface area contributed by atoms with Gasteiger partial charge >= 0.3 is 12.3 Å². The van der Waals surface area contributed by atoms with Gasteiger partial charge < -0.3 is 25.0 Å². The van der Waals surface area contributed by atoms with Gasteiger partial charge in [-0.25, -0.2) is 9.79 Å². The van der Waals surface area contributed by atoms with Crippen molar-refractivity contribution < 1.29 is 27.4 Å². The van der Waals surface area contributed by atoms with E-state index in [-0.39, 0.29) is 55.0 Å². The van der Waals surface area contributed by atoms with E-state index in [0.717, 1.165) is 18.9 Å². The number of aliphatic imine (C=N–C) groups is 1. The standard InChI is InChI=1S/C20H29F3N4O3.HI/c1-3-24-18(26-15-9-12-27(13-10-15)19(28)29-4-2)25-11-14-30-17-8-6-5-7-16(17)20(21,22)23;/h5-8,15H,3-4,9-14H2,1-2H3,(H2,24,25,26);1H. The predicted molar refractivity (Wildman–Crippen MR) is 123 cm³/mol. The Morgan fingerprint density at radius 1 is 1.23 bits per heavy atom. The Kier molecular flexibility index (Phi) is 11.8. The maximum atomic E-state index is 13.0. The summed E-state index contributed by atoms with van der Waals surface area (Å²) in [6.07, 6.45) is -3.26. The SMILES string of the molecule is CCNC(=NCCOc1ccccc1C(F)(F)F)NC1CCN(C(=O)OCC)CC1.I. The van der Waals surface area contributed by atoms with Crippen LogP contribution in [-0.2, 0) is 10.9 Å². The summed E-state index contributed by atoms with van der Waals surface area (Å²) in [5.74, 6) is 0.365. The van der Waals surface area contributed by atoms with Crippen molar-refractivity contribution in [2.24, 2.45) is 4.99 Å². The third-order valence-electron chi connectivity index (χ3n) is 4.52. The molecule has 0 radical (unpaired) electrons. The average molecular weight is 558 g/mol. The van der Waals surface area contributed by atoms with Crippen LogP contribution in [0.5, 0.6) is 5.75 Å². The molecule has 1 aromatic carbocycles. The number of rotatable bonds is 7. The van der Waals surface area contributed by atoms with Gasteiger partial charge in [0.05, 0.1) is 18.7 Å². The Labute approximate surface area is 197 Å². The van der Waals surface area contributed by atoms with Gasteiger partial charge in [-0.15, -0.1) is 24.0 Å². The normalized spacial score (nSPS) is 15.1. The van der Waals surface area contributed by atoms with Gasteiger partial charge in [-0.3, -0.25) is 0 Å². The lowest BCUT2D eigenvalue weighted by Gasteiger charge is -2.32. The number of benzene rings is 1. The summed E-state index contributed by atoms with van der Waals surface area (Å²) in [5, 5.41) is 6.42. The number of nitrogens with zero attached hydrogens (tertiary/aromatic N) is 2. The smallest absolute Gasteiger partial charge is 0.419 e. The molecule has 31 heavy (non-hydrogen) atoms. The summed E-state index contributed by atoms with van der Waals surface area (Å²) in [7, 11) is 0. The number of para-hydroxylation sites is 1. The third kappa shape index (κ3) is 8.99. The Hall–Kier alpha value is -1.92. The van der Waals surface area contributed by atoms with Crippen LogP contribution in [0.15, 0.2) is 29.3 Å². The number of carbonyl (C=O) groups is 1. The average Bonchev–Trinajstić information content (AvgIpc) is 2.71. The van der Waals surface area contributed by atoms with Crippen molar-refractivity contribution in [1.29, 1.82) is 0 Å². The van der Waals surface area contributed by atoms with E-state index in [0.29, 0.717) is 32.2 Å². The summed E-state index contributed by atoms with van der Waals surface area (Å²) in [6, 6.07) is 5.26. The molecule has 0 atom stereocenters. The van der Waals surface area contributed by atoms with Crippen molar-refractivity contribution in [3.63, 3.8) is 0 Å². The van der Waals surface area contributed by atoms with Crippen LogP contribution in [0.4, 0.5) is 18.0 Å². The van der Waals surface area contributed by atoms with Gasteiger partial charge in [-0.2, -0.15) is 13.2 Å². The molecule has 0 bridgehead atoms. The van der Waals surface area contributed by atoms with E-state index < -0.39 is 11.7 Å². The predicted octanol–water partition coefficient (Wildman–Crippen LogP) is 3.88. The first kappa shape index (κ1) is 27.1. The topological polar surface area (TPSA) is 75.2 Å². The summed E-state index contributed by atoms with van der Waals surface area (Å²) < 4.78 is 49.3. The minimum atomic E-state index is -4.46. The number of ether oxygens (including phenoxy) is 2. The Morgan fingerprint density at radius 2 is 1.90 bits per heavy atom. The molecule has 11 heteroatoms. The highest BCUT2D eigenvalue weighted by Crippen LogP contribution is 2.35. The van der Waals surface area contributed by atoms with E-state index in [2.05, 4.69) is 15.6 Å². The van der Waals surface area contributed by atoms with Crippen molar-refractivity contribution in [3.05, 3.63) is 29.8 Å². The molecular weight excluding hydrogens is 528 g/mol. The van der Waals surface area contributed by atoms with Crippen molar-refractivity contribution in [2.45, 2.75) is 38.9 Å². The van der Waals surface area contributed by atoms with Crippen LogP contribution in [0.3, 0.4) is 0 Å². The van der Waals surface area contributed by atoms with Gasteiger partial charge in [0.15, 0.2) is 5.96 Å². The highest BCUT2D eigenvalue weighted by Gasteiger charge is 2.34. The minimum Gasteiger partial charge on any atom is -0.491 e. The zero-order valence-electron chi connectivity index (χ0n) is 17.7. The maximum Gasteiger partial charge on any atom is 0.419 e. The largest absolute Gasteiger partial charge is 0.491 e. The maximum absolute atomic E-state index is 13.0. The van der Waals surface area contributed by atoms with E-state index in [1.807, 2.05) is 6.92 Å². The second kappa shape index (κ2) is 13.5. The molecule has 0 aromatic heterocycles. The van der Waals surface area contributed by atoms with Crippen molar-refractivity contribution in [2.75, 3.05) is 39.4 Å². The number of carbonyl (C=O) groups excluding carboxylic acids is 1. The van der Waals surface area contributed by atoms with Gasteiger partial charge in [-0.1, -0.05) is 12.1 Å². The van der Waals surface area contributed by atoms with Crippen LogP contribution in [0.25, 0.3) is 0 Å². The number of amides is 1. The molecule has 1 aliphatic heterocycles. The Bertz CT molecular complexity index is 711. The number of halogens is 4. The molecule has 0 saturated carbocycles. The zero-order valence-corrected chi connectivity index (χ0v) is 20.0. The monoisotopic (exact) mass is 558 g/mol. The Morgan fingerprint density at radius 3 is 2.52 bits per heavy atom. The van der Waals surface area contributed by atoms with E-state index >= 15 is 0 Å². The molecule has 176 valence electrons. The summed E-state index contributed by atoms with van der Waals surface area (Å²) in [4.78, 5) is 17.8. The molecule has 0 unspecified atom stereocenters. The van der Waals surface area contributed by atoms with Gasteiger partial charge in [-0.05, 0) is 38.8 Å². The number of alkyl halides is 3. The second-order valence-corrected chi connectivity index (χ2v) is 6.71. The molecule has 2 N–H and O–H groups in total. The van der Waals surface area contributed by atoms with Gasteiger partial charge in [0.2, 0.25) is 0 Å². The first-order chi connectivity index (χ1) is 14.3. The first-order valence-corrected chi connectivity index (χ1v) is 10.1. The molecule has 1 aliphatic rings. The third-order valence-corrected chi connectivity index (χ3v) is 4.52. The fourth-order valence-electron chi connectivity index (χ4n) is 3.07. The highest BCUT2D eigenvalue weighted by atomic mass is 127. The van der Waals surface area contributed by atoms with Crippen LogP contribution in [-0.4, -0.2) is 62.4 Å². The van der Waals surface area contributed by atoms with E-state index in [9.17, 15) is 18.0 Å². The van der Waals surface area contributed by atoms with Crippen molar-refractivity contribution in [1.82, 2.24) is 15.5 Å². The van der Waals surface area contributed by atoms with Gasteiger partial charge in [0.1, 0.15) is 12.4 Å². The molecule has 1 heterocycles. The molecule has 2 rings (SSSR count). The van der Waals surface area contributed by atoms with Crippen LogP contribution in [0, 0.1) is 0 Å². The molecule has 1 amide bonds. The first-order valence-electron chi connectivity index (χ1n) is 10.1. The molecular formula is C20H30F3IN4O3.